The Morgan fingerprint density at radius 2 is 0.435 bits per heavy atom. The van der Waals surface area contributed by atoms with Crippen molar-refractivity contribution in [3.8, 4) is 0 Å². The van der Waals surface area contributed by atoms with Crippen LogP contribution < -0.4 is 0 Å². The van der Waals surface area contributed by atoms with Gasteiger partial charge in [-0.05, 0) is 25.7 Å². The molecule has 546 valence electrons. The summed E-state index contributed by atoms with van der Waals surface area (Å²) in [7, 11) is -9.88. The number of phosphoric ester groups is 2. The molecule has 0 amide bonds. The van der Waals surface area contributed by atoms with Crippen LogP contribution in [0.2, 0.25) is 0 Å². The van der Waals surface area contributed by atoms with E-state index in [1.165, 1.54) is 212 Å². The number of hydrogen-bond acceptors (Lipinski definition) is 15. The predicted molar refractivity (Wildman–Crippen MR) is 372 cm³/mol. The molecule has 0 aromatic carbocycles. The van der Waals surface area contributed by atoms with Crippen LogP contribution in [0.3, 0.4) is 0 Å². The summed E-state index contributed by atoms with van der Waals surface area (Å²) in [6, 6.07) is 0. The number of aliphatic hydroxyl groups is 1. The molecule has 0 saturated heterocycles. The molecule has 17 nitrogen and oxygen atoms in total. The maximum Gasteiger partial charge on any atom is 0.472 e. The number of carbonyl (C=O) groups excluding carboxylic acids is 4. The number of hydrogen-bond donors (Lipinski definition) is 3. The Bertz CT molecular complexity index is 1760. The molecule has 0 aliphatic rings. The van der Waals surface area contributed by atoms with E-state index < -0.39 is 97.5 Å². The zero-order valence-corrected chi connectivity index (χ0v) is 61.3. The monoisotopic (exact) mass is 1350 g/mol. The largest absolute Gasteiger partial charge is 0.472 e. The molecule has 0 saturated carbocycles. The van der Waals surface area contributed by atoms with Gasteiger partial charge in [-0.25, -0.2) is 9.13 Å². The van der Waals surface area contributed by atoms with Gasteiger partial charge in [0, 0.05) is 25.7 Å². The third kappa shape index (κ3) is 66.7. The normalized spacial score (nSPS) is 13.9. The van der Waals surface area contributed by atoms with E-state index in [1.807, 2.05) is 0 Å². The van der Waals surface area contributed by atoms with E-state index in [0.29, 0.717) is 25.7 Å². The van der Waals surface area contributed by atoms with E-state index in [1.54, 1.807) is 0 Å². The van der Waals surface area contributed by atoms with Crippen LogP contribution in [0.5, 0.6) is 0 Å². The number of phosphoric acid groups is 2. The van der Waals surface area contributed by atoms with Crippen molar-refractivity contribution < 1.29 is 80.2 Å². The highest BCUT2D eigenvalue weighted by Gasteiger charge is 2.30. The van der Waals surface area contributed by atoms with Crippen LogP contribution in [0, 0.1) is 0 Å². The van der Waals surface area contributed by atoms with E-state index >= 15 is 0 Å². The molecule has 0 bridgehead atoms. The fourth-order valence-electron chi connectivity index (χ4n) is 11.2. The molecule has 0 aliphatic carbocycles. The number of aliphatic hydroxyl groups excluding tert-OH is 1. The third-order valence-corrected chi connectivity index (χ3v) is 19.0. The van der Waals surface area contributed by atoms with Crippen molar-refractivity contribution in [1.29, 1.82) is 0 Å². The Labute approximate surface area is 562 Å². The lowest BCUT2D eigenvalue weighted by Crippen LogP contribution is -2.30. The minimum atomic E-state index is -4.95. The van der Waals surface area contributed by atoms with Crippen LogP contribution in [0.15, 0.2) is 0 Å². The van der Waals surface area contributed by atoms with Crippen molar-refractivity contribution in [3.05, 3.63) is 0 Å². The average Bonchev–Trinajstić information content (AvgIpc) is 3.08. The summed E-state index contributed by atoms with van der Waals surface area (Å²) in [5, 5.41) is 10.5. The van der Waals surface area contributed by atoms with Crippen LogP contribution in [0.1, 0.15) is 387 Å². The second-order valence-corrected chi connectivity index (χ2v) is 29.2. The van der Waals surface area contributed by atoms with Crippen LogP contribution >= 0.6 is 15.6 Å². The van der Waals surface area contributed by atoms with Crippen molar-refractivity contribution >= 4 is 39.5 Å². The minimum Gasteiger partial charge on any atom is -0.462 e. The van der Waals surface area contributed by atoms with Gasteiger partial charge in [0.25, 0.3) is 0 Å². The first-order chi connectivity index (χ1) is 44.7. The average molecular weight is 1350 g/mol. The number of carbonyl (C=O) groups is 4. The van der Waals surface area contributed by atoms with E-state index in [-0.39, 0.29) is 25.7 Å². The van der Waals surface area contributed by atoms with Gasteiger partial charge >= 0.3 is 39.5 Å². The Kier molecular flexibility index (Phi) is 66.2. The highest BCUT2D eigenvalue weighted by Crippen LogP contribution is 2.45. The molecule has 0 fully saturated rings. The third-order valence-electron chi connectivity index (χ3n) is 17.1. The Hall–Kier alpha value is -1.94. The SMILES string of the molecule is CCCCCCCCCCCCCCCCCCCCCCCCC(=O)O[C@H](COC(=O)CCCCCCCCCCCCCCCCCCCCCC)COP(=O)(O)OC[C@@H](O)COP(=O)(O)OC[C@@H](COC(=O)CCCCCCC)OC(=O)CCCCCCC. The van der Waals surface area contributed by atoms with E-state index in [0.717, 1.165) is 96.3 Å². The lowest BCUT2D eigenvalue weighted by atomic mass is 10.0. The van der Waals surface area contributed by atoms with Crippen LogP contribution in [-0.4, -0.2) is 96.7 Å². The van der Waals surface area contributed by atoms with E-state index in [9.17, 15) is 43.2 Å². The maximum absolute atomic E-state index is 13.1. The molecular weight excluding hydrogens is 1210 g/mol. The zero-order chi connectivity index (χ0) is 67.5. The molecule has 19 heteroatoms. The molecule has 3 N–H and O–H groups in total. The lowest BCUT2D eigenvalue weighted by Gasteiger charge is -2.21. The first-order valence-corrected chi connectivity index (χ1v) is 41.3. The van der Waals surface area contributed by atoms with Crippen molar-refractivity contribution in [2.45, 2.75) is 406 Å². The van der Waals surface area contributed by atoms with Crippen LogP contribution in [0.4, 0.5) is 0 Å². The topological polar surface area (TPSA) is 237 Å². The van der Waals surface area contributed by atoms with Gasteiger partial charge in [-0.3, -0.25) is 37.3 Å². The summed E-state index contributed by atoms with van der Waals surface area (Å²) in [4.78, 5) is 72.0. The molecular formula is C73H142O17P2. The summed E-state index contributed by atoms with van der Waals surface area (Å²) in [6.07, 6.45) is 58.2. The van der Waals surface area contributed by atoms with E-state index in [2.05, 4.69) is 27.7 Å². The quantitative estimate of drug-likeness (QED) is 0.0222. The molecule has 0 aliphatic heterocycles. The first kappa shape index (κ1) is 90.1. The number of ether oxygens (including phenoxy) is 4. The van der Waals surface area contributed by atoms with Crippen molar-refractivity contribution in [3.63, 3.8) is 0 Å². The minimum absolute atomic E-state index is 0.0994. The molecule has 92 heavy (non-hydrogen) atoms. The summed E-state index contributed by atoms with van der Waals surface area (Å²) < 4.78 is 67.8. The van der Waals surface area contributed by atoms with Crippen molar-refractivity contribution in [2.75, 3.05) is 39.6 Å². The lowest BCUT2D eigenvalue weighted by molar-refractivity contribution is -0.161. The Morgan fingerprint density at radius 3 is 0.641 bits per heavy atom. The summed E-state index contributed by atoms with van der Waals surface area (Å²) in [5.74, 6) is -2.14. The molecule has 0 aromatic heterocycles. The van der Waals surface area contributed by atoms with Gasteiger partial charge in [-0.2, -0.15) is 0 Å². The molecule has 0 radical (unpaired) electrons. The van der Waals surface area contributed by atoms with E-state index in [4.69, 9.17) is 37.0 Å². The first-order valence-electron chi connectivity index (χ1n) is 38.3. The smallest absolute Gasteiger partial charge is 0.462 e. The standard InChI is InChI=1S/C73H142O17P2/c1-5-9-13-17-19-21-23-25-27-29-31-33-34-36-38-40-42-44-46-48-52-56-60-73(78)90-69(64-84-71(76)58-54-51-47-45-43-41-39-37-35-32-30-28-26-24-22-20-18-14-10-6-2)66-88-92(81,82)86-62-67(74)61-85-91(79,80)87-65-68(89-72(77)59-55-50-16-12-8-4)63-83-70(75)57-53-49-15-11-7-3/h67-69,74H,5-66H2,1-4H3,(H,79,80)(H,81,82)/t67-,68+,69+/m0/s1. The fourth-order valence-corrected chi connectivity index (χ4v) is 12.8. The fraction of sp³-hybridized carbons (Fsp3) is 0.945. The Balaban J connectivity index is 5.00. The molecule has 2 unspecified atom stereocenters. The van der Waals surface area contributed by atoms with Gasteiger partial charge in [-0.15, -0.1) is 0 Å². The van der Waals surface area contributed by atoms with Gasteiger partial charge in [0.05, 0.1) is 26.4 Å². The highest BCUT2D eigenvalue weighted by atomic mass is 31.2. The van der Waals surface area contributed by atoms with Gasteiger partial charge < -0.3 is 33.8 Å². The van der Waals surface area contributed by atoms with Gasteiger partial charge in [0.15, 0.2) is 12.2 Å². The predicted octanol–water partition coefficient (Wildman–Crippen LogP) is 21.4. The summed E-state index contributed by atoms with van der Waals surface area (Å²) >= 11 is 0. The number of esters is 4. The molecule has 0 rings (SSSR count). The van der Waals surface area contributed by atoms with Crippen LogP contribution in [-0.2, 0) is 65.4 Å². The summed E-state index contributed by atoms with van der Waals surface area (Å²) in [6.45, 7) is 4.76. The summed E-state index contributed by atoms with van der Waals surface area (Å²) in [5.41, 5.74) is 0. The maximum atomic E-state index is 13.1. The van der Waals surface area contributed by atoms with Crippen molar-refractivity contribution in [2.24, 2.45) is 0 Å². The van der Waals surface area contributed by atoms with Crippen LogP contribution in [0.25, 0.3) is 0 Å². The Morgan fingerprint density at radius 1 is 0.261 bits per heavy atom. The van der Waals surface area contributed by atoms with Gasteiger partial charge in [-0.1, -0.05) is 336 Å². The van der Waals surface area contributed by atoms with Gasteiger partial charge in [0.2, 0.25) is 0 Å². The van der Waals surface area contributed by atoms with Gasteiger partial charge in [0.1, 0.15) is 19.3 Å². The second kappa shape index (κ2) is 67.6. The molecule has 0 spiro atoms. The van der Waals surface area contributed by atoms with Crippen molar-refractivity contribution in [1.82, 2.24) is 0 Å². The molecule has 0 heterocycles. The molecule has 0 aromatic rings. The molecule has 5 atom stereocenters. The number of unbranched alkanes of at least 4 members (excludes halogenated alkanes) is 48. The second-order valence-electron chi connectivity index (χ2n) is 26.3. The zero-order valence-electron chi connectivity index (χ0n) is 59.5. The number of rotatable bonds is 74. The highest BCUT2D eigenvalue weighted by molar-refractivity contribution is 7.47.